The van der Waals surface area contributed by atoms with E-state index >= 15 is 4.39 Å². The monoisotopic (exact) mass is 453 g/mol. The summed E-state index contributed by atoms with van der Waals surface area (Å²) in [5.41, 5.74) is 0.146. The van der Waals surface area contributed by atoms with Gasteiger partial charge in [-0.05, 0) is 49.3 Å². The second kappa shape index (κ2) is 7.24. The lowest BCUT2D eigenvalue weighted by Crippen LogP contribution is -2.51. The third kappa shape index (κ3) is 4.05. The molecule has 1 saturated carbocycles. The Kier molecular flexibility index (Phi) is 5.10. The molecule has 0 bridgehead atoms. The minimum atomic E-state index is -4.67. The van der Waals surface area contributed by atoms with Crippen molar-refractivity contribution in [1.29, 1.82) is 0 Å². The molecule has 2 fully saturated rings. The summed E-state index contributed by atoms with van der Waals surface area (Å²) in [6.45, 7) is -0.643. The Morgan fingerprint density at radius 3 is 2.57 bits per heavy atom. The van der Waals surface area contributed by atoms with Crippen LogP contribution in [0.15, 0.2) is 6.07 Å². The topological polar surface area (TPSA) is 108 Å². The van der Waals surface area contributed by atoms with Gasteiger partial charge in [-0.2, -0.15) is 8.42 Å². The number of alkyl halides is 3. The average molecular weight is 453 g/mol. The number of rotatable bonds is 4. The standard InChI is InChI=1S/C17H19F4N3O5S/c18-15-12-6-9(22-10-4-11(5-10)29-17(19,20)21)2-1-8(12)3-13(25)16(15)24-7-14(26)23-30(24,27)28/h3,9-11,22,25H,1-2,4-7H2,(H,23,26). The van der Waals surface area contributed by atoms with Crippen LogP contribution in [-0.2, 0) is 32.6 Å². The fraction of sp³-hybridized carbons (Fsp3) is 0.588. The number of fused-ring (bicyclic) bond motifs is 1. The third-order valence-corrected chi connectivity index (χ3v) is 6.94. The zero-order valence-electron chi connectivity index (χ0n) is 15.5. The van der Waals surface area contributed by atoms with Crippen LogP contribution >= 0.6 is 0 Å². The van der Waals surface area contributed by atoms with Crippen molar-refractivity contribution in [2.75, 3.05) is 10.8 Å². The predicted octanol–water partition coefficient (Wildman–Crippen LogP) is 1.23. The maximum absolute atomic E-state index is 15.2. The lowest BCUT2D eigenvalue weighted by atomic mass is 9.84. The van der Waals surface area contributed by atoms with Gasteiger partial charge < -0.3 is 10.4 Å². The van der Waals surface area contributed by atoms with E-state index in [2.05, 4.69) is 10.1 Å². The van der Waals surface area contributed by atoms with Gasteiger partial charge in [-0.1, -0.05) is 0 Å². The van der Waals surface area contributed by atoms with E-state index in [1.807, 2.05) is 0 Å². The second-order valence-electron chi connectivity index (χ2n) is 7.69. The number of hydrogen-bond acceptors (Lipinski definition) is 6. The molecule has 166 valence electrons. The number of halogens is 4. The highest BCUT2D eigenvalue weighted by atomic mass is 32.2. The first-order valence-corrected chi connectivity index (χ1v) is 10.7. The minimum Gasteiger partial charge on any atom is -0.506 e. The van der Waals surface area contributed by atoms with E-state index < -0.39 is 52.4 Å². The van der Waals surface area contributed by atoms with E-state index in [0.29, 0.717) is 22.7 Å². The van der Waals surface area contributed by atoms with Crippen molar-refractivity contribution < 1.29 is 40.6 Å². The smallest absolute Gasteiger partial charge is 0.506 e. The quantitative estimate of drug-likeness (QED) is 0.592. The van der Waals surface area contributed by atoms with Crippen LogP contribution in [0.25, 0.3) is 0 Å². The number of benzene rings is 1. The summed E-state index contributed by atoms with van der Waals surface area (Å²) in [6, 6.07) is 0.874. The number of amides is 1. The minimum absolute atomic E-state index is 0.172. The van der Waals surface area contributed by atoms with Gasteiger partial charge in [0.2, 0.25) is 0 Å². The van der Waals surface area contributed by atoms with Crippen LogP contribution in [0.4, 0.5) is 23.2 Å². The van der Waals surface area contributed by atoms with Gasteiger partial charge in [0.05, 0.1) is 6.10 Å². The second-order valence-corrected chi connectivity index (χ2v) is 9.29. The van der Waals surface area contributed by atoms with Crippen molar-refractivity contribution in [3.05, 3.63) is 23.0 Å². The summed E-state index contributed by atoms with van der Waals surface area (Å²) >= 11 is 0. The largest absolute Gasteiger partial charge is 0.522 e. The highest BCUT2D eigenvalue weighted by Gasteiger charge is 2.42. The van der Waals surface area contributed by atoms with Gasteiger partial charge in [0.1, 0.15) is 18.0 Å². The van der Waals surface area contributed by atoms with Crippen molar-refractivity contribution in [3.8, 4) is 5.75 Å². The average Bonchev–Trinajstić information content (AvgIpc) is 2.84. The first-order chi connectivity index (χ1) is 13.9. The number of ether oxygens (including phenoxy) is 1. The van der Waals surface area contributed by atoms with E-state index in [4.69, 9.17) is 0 Å². The summed E-state index contributed by atoms with van der Waals surface area (Å²) in [5, 5.41) is 13.4. The molecule has 8 nitrogen and oxygen atoms in total. The third-order valence-electron chi connectivity index (χ3n) is 5.56. The maximum Gasteiger partial charge on any atom is 0.522 e. The molecule has 1 amide bonds. The van der Waals surface area contributed by atoms with Gasteiger partial charge in [-0.15, -0.1) is 13.2 Å². The molecule has 1 atom stereocenters. The maximum atomic E-state index is 15.2. The number of aryl methyl sites for hydroxylation is 1. The summed E-state index contributed by atoms with van der Waals surface area (Å²) in [6.07, 6.45) is -4.05. The molecule has 1 heterocycles. The number of hydrogen-bond donors (Lipinski definition) is 3. The number of anilines is 1. The molecule has 3 aliphatic rings. The molecule has 2 aliphatic carbocycles. The molecular weight excluding hydrogens is 434 g/mol. The highest BCUT2D eigenvalue weighted by Crippen LogP contribution is 2.40. The molecule has 3 N–H and O–H groups in total. The summed E-state index contributed by atoms with van der Waals surface area (Å²) < 4.78 is 82.1. The molecule has 0 spiro atoms. The normalized spacial score (nSPS) is 28.1. The molecule has 13 heteroatoms. The van der Waals surface area contributed by atoms with E-state index in [0.717, 1.165) is 0 Å². The van der Waals surface area contributed by atoms with Gasteiger partial charge in [0.25, 0.3) is 5.91 Å². The Bertz CT molecular complexity index is 979. The summed E-state index contributed by atoms with van der Waals surface area (Å²) in [4.78, 5) is 11.5. The van der Waals surface area contributed by atoms with E-state index in [-0.39, 0.29) is 36.9 Å². The number of nitrogens with zero attached hydrogens (tertiary/aromatic N) is 1. The van der Waals surface area contributed by atoms with Crippen LogP contribution in [0.3, 0.4) is 0 Å². The first-order valence-electron chi connectivity index (χ1n) is 9.30. The molecule has 1 aromatic carbocycles. The van der Waals surface area contributed by atoms with Crippen LogP contribution in [0, 0.1) is 5.82 Å². The highest BCUT2D eigenvalue weighted by molar-refractivity contribution is 7.92. The van der Waals surface area contributed by atoms with E-state index in [1.165, 1.54) is 6.07 Å². The van der Waals surface area contributed by atoms with Crippen LogP contribution < -0.4 is 14.3 Å². The first kappa shape index (κ1) is 21.1. The van der Waals surface area contributed by atoms with Crippen molar-refractivity contribution in [2.45, 2.75) is 56.7 Å². The fourth-order valence-corrected chi connectivity index (χ4v) is 5.35. The molecule has 30 heavy (non-hydrogen) atoms. The van der Waals surface area contributed by atoms with E-state index in [9.17, 15) is 31.5 Å². The lowest BCUT2D eigenvalue weighted by molar-refractivity contribution is -0.352. The molecule has 1 saturated heterocycles. The molecular formula is C17H19F4N3O5S. The number of carbonyl (C=O) groups is 1. The summed E-state index contributed by atoms with van der Waals surface area (Å²) in [5.74, 6) is -2.35. The number of carbonyl (C=O) groups excluding carboxylic acids is 1. The Labute approximate surface area is 169 Å². The molecule has 0 radical (unpaired) electrons. The van der Waals surface area contributed by atoms with Gasteiger partial charge in [-0.3, -0.25) is 9.53 Å². The van der Waals surface area contributed by atoms with E-state index in [1.54, 1.807) is 4.72 Å². The number of nitrogens with one attached hydrogen (secondary N) is 2. The fourth-order valence-electron chi connectivity index (χ4n) is 4.18. The summed E-state index contributed by atoms with van der Waals surface area (Å²) in [7, 11) is -4.30. The van der Waals surface area contributed by atoms with Crippen LogP contribution in [0.5, 0.6) is 5.75 Å². The van der Waals surface area contributed by atoms with Gasteiger partial charge in [0, 0.05) is 12.1 Å². The lowest BCUT2D eigenvalue weighted by Gasteiger charge is -2.39. The SMILES string of the molecule is O=C1CN(c2c(O)cc3c(c2F)CC(NC2CC(OC(F)(F)F)C2)CC3)S(=O)(=O)N1. The zero-order valence-corrected chi connectivity index (χ0v) is 16.3. The van der Waals surface area contributed by atoms with Crippen molar-refractivity contribution in [3.63, 3.8) is 0 Å². The van der Waals surface area contributed by atoms with Crippen molar-refractivity contribution in [2.24, 2.45) is 0 Å². The van der Waals surface area contributed by atoms with Gasteiger partial charge in [0.15, 0.2) is 5.82 Å². The number of phenolic OH excluding ortho intramolecular Hbond substituents is 1. The zero-order chi connectivity index (χ0) is 21.8. The molecule has 1 aliphatic heterocycles. The number of phenols is 1. The predicted molar refractivity (Wildman–Crippen MR) is 95.4 cm³/mol. The van der Waals surface area contributed by atoms with Gasteiger partial charge in [-0.25, -0.2) is 13.4 Å². The Morgan fingerprint density at radius 2 is 1.97 bits per heavy atom. The molecule has 1 aromatic rings. The van der Waals surface area contributed by atoms with Crippen molar-refractivity contribution in [1.82, 2.24) is 10.0 Å². The number of aromatic hydroxyl groups is 1. The Hall–Kier alpha value is -2.12. The Morgan fingerprint density at radius 1 is 1.27 bits per heavy atom. The van der Waals surface area contributed by atoms with Crippen LogP contribution in [0.2, 0.25) is 0 Å². The van der Waals surface area contributed by atoms with Crippen molar-refractivity contribution >= 4 is 21.8 Å². The Balaban J connectivity index is 1.48. The molecule has 0 aromatic heterocycles. The van der Waals surface area contributed by atoms with Crippen LogP contribution in [-0.4, -0.2) is 50.5 Å². The molecule has 4 rings (SSSR count). The molecule has 1 unspecified atom stereocenters. The van der Waals surface area contributed by atoms with Crippen LogP contribution in [0.1, 0.15) is 30.4 Å². The van der Waals surface area contributed by atoms with Gasteiger partial charge >= 0.3 is 16.6 Å².